The number of hydrogen-bond donors (Lipinski definition) is 1. The van der Waals surface area contributed by atoms with E-state index in [0.717, 1.165) is 22.7 Å². The highest BCUT2D eigenvalue weighted by atomic mass is 35.5. The first-order valence-corrected chi connectivity index (χ1v) is 15.3. The monoisotopic (exact) mass is 603 g/mol. The largest absolute Gasteiger partial charge is 0.354 e. The fourth-order valence-corrected chi connectivity index (χ4v) is 6.20. The second kappa shape index (κ2) is 14.0. The van der Waals surface area contributed by atoms with E-state index in [-0.39, 0.29) is 17.3 Å². The lowest BCUT2D eigenvalue weighted by Crippen LogP contribution is -2.51. The number of nitrogens with zero attached hydrogens (tertiary/aromatic N) is 2. The minimum absolute atomic E-state index is 0.0507. The zero-order valence-electron chi connectivity index (χ0n) is 23.2. The van der Waals surface area contributed by atoms with Crippen LogP contribution in [0.3, 0.4) is 0 Å². The molecule has 0 saturated carbocycles. The van der Waals surface area contributed by atoms with Crippen LogP contribution in [-0.2, 0) is 26.2 Å². The van der Waals surface area contributed by atoms with Crippen LogP contribution in [-0.4, -0.2) is 44.3 Å². The smallest absolute Gasteiger partial charge is 0.264 e. The number of carbonyl (C=O) groups is 2. The molecule has 0 spiro atoms. The van der Waals surface area contributed by atoms with Crippen molar-refractivity contribution in [3.8, 4) is 0 Å². The first kappa shape index (κ1) is 31.5. The van der Waals surface area contributed by atoms with Gasteiger partial charge in [-0.15, -0.1) is 0 Å². The van der Waals surface area contributed by atoms with Gasteiger partial charge in [-0.1, -0.05) is 72.9 Å². The maximum absolute atomic E-state index is 14.1. The van der Waals surface area contributed by atoms with E-state index in [4.69, 9.17) is 23.2 Å². The molecule has 0 aromatic heterocycles. The van der Waals surface area contributed by atoms with E-state index >= 15 is 0 Å². The van der Waals surface area contributed by atoms with Gasteiger partial charge in [-0.25, -0.2) is 8.42 Å². The summed E-state index contributed by atoms with van der Waals surface area (Å²) >= 11 is 12.9. The maximum Gasteiger partial charge on any atom is 0.264 e. The lowest BCUT2D eigenvalue weighted by atomic mass is 10.1. The highest BCUT2D eigenvalue weighted by molar-refractivity contribution is 7.92. The number of halogens is 2. The molecule has 0 aliphatic heterocycles. The molecule has 1 atom stereocenters. The van der Waals surface area contributed by atoms with Crippen molar-refractivity contribution >= 4 is 50.7 Å². The average Bonchev–Trinajstić information content (AvgIpc) is 2.93. The van der Waals surface area contributed by atoms with Crippen LogP contribution in [0.2, 0.25) is 10.0 Å². The normalized spacial score (nSPS) is 12.1. The van der Waals surface area contributed by atoms with Crippen molar-refractivity contribution in [3.63, 3.8) is 0 Å². The number of carbonyl (C=O) groups excluding carboxylic acids is 2. The Balaban J connectivity index is 2.07. The molecule has 0 aliphatic carbocycles. The van der Waals surface area contributed by atoms with Crippen LogP contribution in [0, 0.1) is 13.8 Å². The van der Waals surface area contributed by atoms with Gasteiger partial charge in [-0.3, -0.25) is 13.9 Å². The topological polar surface area (TPSA) is 86.8 Å². The molecule has 7 nitrogen and oxygen atoms in total. The van der Waals surface area contributed by atoms with Gasteiger partial charge in [-0.2, -0.15) is 0 Å². The lowest BCUT2D eigenvalue weighted by molar-refractivity contribution is -0.139. The van der Waals surface area contributed by atoms with E-state index in [1.165, 1.54) is 17.0 Å². The first-order chi connectivity index (χ1) is 19.0. The highest BCUT2D eigenvalue weighted by Crippen LogP contribution is 2.30. The summed E-state index contributed by atoms with van der Waals surface area (Å²) in [6.07, 6.45) is 1.69. The number of unbranched alkanes of at least 4 members (excludes halogenated alkanes) is 1. The van der Waals surface area contributed by atoms with E-state index in [2.05, 4.69) is 5.32 Å². The predicted molar refractivity (Wildman–Crippen MR) is 161 cm³/mol. The number of rotatable bonds is 12. The number of nitrogens with one attached hydrogen (secondary N) is 1. The van der Waals surface area contributed by atoms with E-state index in [9.17, 15) is 18.0 Å². The molecule has 1 N–H and O–H groups in total. The van der Waals surface area contributed by atoms with Gasteiger partial charge in [0.25, 0.3) is 10.0 Å². The Morgan fingerprint density at radius 1 is 0.950 bits per heavy atom. The first-order valence-electron chi connectivity index (χ1n) is 13.1. The van der Waals surface area contributed by atoms with Gasteiger partial charge in [0.05, 0.1) is 10.6 Å². The van der Waals surface area contributed by atoms with E-state index in [0.29, 0.717) is 33.4 Å². The number of benzene rings is 3. The van der Waals surface area contributed by atoms with Gasteiger partial charge in [0.15, 0.2) is 0 Å². The molecule has 1 unspecified atom stereocenters. The molecule has 3 rings (SSSR count). The molecule has 40 heavy (non-hydrogen) atoms. The number of amides is 2. The minimum Gasteiger partial charge on any atom is -0.354 e. The van der Waals surface area contributed by atoms with E-state index < -0.39 is 28.5 Å². The molecule has 0 bridgehead atoms. The standard InChI is InChI=1S/C30H35Cl2N3O4S/c1-5-6-17-33-30(37)23(4)34(19-25-26(31)13-10-14-27(25)32)29(36)20-35(28-18-21(2)15-16-22(28)3)40(38,39)24-11-8-7-9-12-24/h7-16,18,23H,5-6,17,19-20H2,1-4H3,(H,33,37). The summed E-state index contributed by atoms with van der Waals surface area (Å²) in [6, 6.07) is 17.5. The third kappa shape index (κ3) is 7.56. The summed E-state index contributed by atoms with van der Waals surface area (Å²) in [5.41, 5.74) is 2.37. The quantitative estimate of drug-likeness (QED) is 0.252. The number of aryl methyl sites for hydroxylation is 2. The van der Waals surface area contributed by atoms with Crippen LogP contribution in [0.4, 0.5) is 5.69 Å². The van der Waals surface area contributed by atoms with Gasteiger partial charge in [0.2, 0.25) is 11.8 Å². The summed E-state index contributed by atoms with van der Waals surface area (Å²) in [5.74, 6) is -0.927. The van der Waals surface area contributed by atoms with Crippen LogP contribution >= 0.6 is 23.2 Å². The summed E-state index contributed by atoms with van der Waals surface area (Å²) in [7, 11) is -4.14. The SMILES string of the molecule is CCCCNC(=O)C(C)N(Cc1c(Cl)cccc1Cl)C(=O)CN(c1cc(C)ccc1C)S(=O)(=O)c1ccccc1. The Kier molecular flexibility index (Phi) is 11.0. The molecular formula is C30H35Cl2N3O4S. The van der Waals surface area contributed by atoms with Crippen molar-refractivity contribution in [3.05, 3.63) is 93.5 Å². The Hall–Kier alpha value is -3.07. The molecule has 2 amide bonds. The van der Waals surface area contributed by atoms with Gasteiger partial charge in [0, 0.05) is 28.7 Å². The molecule has 0 radical (unpaired) electrons. The van der Waals surface area contributed by atoms with Crippen molar-refractivity contribution in [2.75, 3.05) is 17.4 Å². The number of sulfonamides is 1. The van der Waals surface area contributed by atoms with Crippen LogP contribution in [0.5, 0.6) is 0 Å². The van der Waals surface area contributed by atoms with Gasteiger partial charge >= 0.3 is 0 Å². The zero-order chi connectivity index (χ0) is 29.4. The number of hydrogen-bond acceptors (Lipinski definition) is 4. The summed E-state index contributed by atoms with van der Waals surface area (Å²) in [6.45, 7) is 7.12. The van der Waals surface area contributed by atoms with Crippen LogP contribution < -0.4 is 9.62 Å². The van der Waals surface area contributed by atoms with Crippen molar-refractivity contribution in [1.82, 2.24) is 10.2 Å². The highest BCUT2D eigenvalue weighted by Gasteiger charge is 2.33. The van der Waals surface area contributed by atoms with Gasteiger partial charge in [-0.05, 0) is 68.7 Å². The third-order valence-corrected chi connectivity index (χ3v) is 9.11. The Labute approximate surface area is 247 Å². The zero-order valence-corrected chi connectivity index (χ0v) is 25.5. The Morgan fingerprint density at radius 2 is 1.60 bits per heavy atom. The second-order valence-electron chi connectivity index (χ2n) is 9.66. The molecule has 3 aromatic carbocycles. The molecule has 0 aliphatic rings. The van der Waals surface area contributed by atoms with Crippen molar-refractivity contribution < 1.29 is 18.0 Å². The fraction of sp³-hybridized carbons (Fsp3) is 0.333. The Bertz CT molecular complexity index is 1430. The summed E-state index contributed by atoms with van der Waals surface area (Å²) < 4.78 is 29.0. The molecule has 214 valence electrons. The molecule has 3 aromatic rings. The lowest BCUT2D eigenvalue weighted by Gasteiger charge is -2.33. The fourth-order valence-electron chi connectivity index (χ4n) is 4.19. The molecule has 0 saturated heterocycles. The van der Waals surface area contributed by atoms with Gasteiger partial charge < -0.3 is 10.2 Å². The van der Waals surface area contributed by atoms with Crippen molar-refractivity contribution in [2.45, 2.75) is 58.0 Å². The molecule has 0 fully saturated rings. The molecular weight excluding hydrogens is 569 g/mol. The summed E-state index contributed by atoms with van der Waals surface area (Å²) in [4.78, 5) is 28.5. The molecule has 10 heteroatoms. The Morgan fingerprint density at radius 3 is 2.23 bits per heavy atom. The minimum atomic E-state index is -4.14. The van der Waals surface area contributed by atoms with E-state index in [1.54, 1.807) is 56.3 Å². The third-order valence-electron chi connectivity index (χ3n) is 6.63. The van der Waals surface area contributed by atoms with Crippen LogP contribution in [0.25, 0.3) is 0 Å². The number of anilines is 1. The second-order valence-corrected chi connectivity index (χ2v) is 12.3. The van der Waals surface area contributed by atoms with Crippen LogP contribution in [0.1, 0.15) is 43.4 Å². The predicted octanol–water partition coefficient (Wildman–Crippen LogP) is 6.14. The van der Waals surface area contributed by atoms with Crippen LogP contribution in [0.15, 0.2) is 71.6 Å². The maximum atomic E-state index is 14.1. The van der Waals surface area contributed by atoms with Crippen molar-refractivity contribution in [2.24, 2.45) is 0 Å². The summed E-state index contributed by atoms with van der Waals surface area (Å²) in [5, 5.41) is 3.54. The van der Waals surface area contributed by atoms with Crippen molar-refractivity contribution in [1.29, 1.82) is 0 Å². The van der Waals surface area contributed by atoms with E-state index in [1.807, 2.05) is 26.0 Å². The van der Waals surface area contributed by atoms with Gasteiger partial charge in [0.1, 0.15) is 12.6 Å². The molecule has 0 heterocycles. The average molecular weight is 605 g/mol.